The zero-order valence-corrected chi connectivity index (χ0v) is 17.9. The molecule has 0 N–H and O–H groups in total. The lowest BCUT2D eigenvalue weighted by Gasteiger charge is -2.34. The van der Waals surface area contributed by atoms with Crippen LogP contribution in [0.5, 0.6) is 17.2 Å². The zero-order valence-electron chi connectivity index (χ0n) is 17.9. The van der Waals surface area contributed by atoms with Gasteiger partial charge in [-0.3, -0.25) is 9.69 Å². The summed E-state index contributed by atoms with van der Waals surface area (Å²) in [5.41, 5.74) is 3.26. The quantitative estimate of drug-likeness (QED) is 0.595. The van der Waals surface area contributed by atoms with E-state index in [4.69, 9.17) is 14.2 Å². The molecule has 32 heavy (non-hydrogen) atoms. The molecule has 164 valence electrons. The number of fused-ring (bicyclic) bond motifs is 1. The Bertz CT molecular complexity index is 1080. The van der Waals surface area contributed by atoms with Gasteiger partial charge in [-0.1, -0.05) is 54.6 Å². The lowest BCUT2D eigenvalue weighted by Crippen LogP contribution is -2.49. The molecule has 2 heterocycles. The molecule has 6 nitrogen and oxygen atoms in total. The summed E-state index contributed by atoms with van der Waals surface area (Å²) in [6, 6.07) is 24.0. The van der Waals surface area contributed by atoms with Gasteiger partial charge in [0, 0.05) is 38.3 Å². The van der Waals surface area contributed by atoms with Gasteiger partial charge < -0.3 is 19.1 Å². The molecule has 0 aromatic heterocycles. The van der Waals surface area contributed by atoms with E-state index in [0.717, 1.165) is 48.0 Å². The number of rotatable bonds is 6. The lowest BCUT2D eigenvalue weighted by atomic mass is 10.1. The standard InChI is InChI=1S/C26H26N2O4/c29-26(18-30-23-9-5-4-8-22(23)21-6-2-1-3-7-21)28-14-12-27(13-15-28)17-20-10-11-24-25(16-20)32-19-31-24/h1-11,16H,12-15,17-19H2. The van der Waals surface area contributed by atoms with Crippen molar-refractivity contribution in [3.8, 4) is 28.4 Å². The third kappa shape index (κ3) is 4.55. The highest BCUT2D eigenvalue weighted by molar-refractivity contribution is 5.78. The van der Waals surface area contributed by atoms with Gasteiger partial charge in [-0.15, -0.1) is 0 Å². The number of hydrogen-bond acceptors (Lipinski definition) is 5. The van der Waals surface area contributed by atoms with E-state index < -0.39 is 0 Å². The minimum atomic E-state index is 0.0237. The van der Waals surface area contributed by atoms with Gasteiger partial charge in [-0.05, 0) is 29.3 Å². The van der Waals surface area contributed by atoms with Crippen molar-refractivity contribution in [1.29, 1.82) is 0 Å². The van der Waals surface area contributed by atoms with E-state index in [2.05, 4.69) is 11.0 Å². The molecule has 2 aliphatic rings. The summed E-state index contributed by atoms with van der Waals surface area (Å²) in [6.45, 7) is 4.24. The van der Waals surface area contributed by atoms with Crippen LogP contribution in [0.2, 0.25) is 0 Å². The number of para-hydroxylation sites is 1. The van der Waals surface area contributed by atoms with Crippen LogP contribution in [0, 0.1) is 0 Å². The minimum absolute atomic E-state index is 0.0237. The summed E-state index contributed by atoms with van der Waals surface area (Å²) in [6.07, 6.45) is 0. The van der Waals surface area contributed by atoms with Crippen LogP contribution in [0.25, 0.3) is 11.1 Å². The van der Waals surface area contributed by atoms with Crippen LogP contribution in [0.1, 0.15) is 5.56 Å². The van der Waals surface area contributed by atoms with E-state index in [9.17, 15) is 4.79 Å². The summed E-state index contributed by atoms with van der Waals surface area (Å²) in [5, 5.41) is 0. The third-order valence-corrected chi connectivity index (χ3v) is 5.89. The Morgan fingerprint density at radius 3 is 2.44 bits per heavy atom. The number of nitrogens with zero attached hydrogens (tertiary/aromatic N) is 2. The van der Waals surface area contributed by atoms with Crippen LogP contribution in [-0.2, 0) is 11.3 Å². The van der Waals surface area contributed by atoms with E-state index in [1.807, 2.05) is 71.6 Å². The topological polar surface area (TPSA) is 51.2 Å². The van der Waals surface area contributed by atoms with Gasteiger partial charge in [-0.2, -0.15) is 0 Å². The fourth-order valence-electron chi connectivity index (χ4n) is 4.13. The smallest absolute Gasteiger partial charge is 0.260 e. The minimum Gasteiger partial charge on any atom is -0.483 e. The molecule has 0 radical (unpaired) electrons. The maximum Gasteiger partial charge on any atom is 0.260 e. The van der Waals surface area contributed by atoms with E-state index in [-0.39, 0.29) is 19.3 Å². The van der Waals surface area contributed by atoms with Crippen LogP contribution in [0.15, 0.2) is 72.8 Å². The second kappa shape index (κ2) is 9.32. The molecule has 0 unspecified atom stereocenters. The van der Waals surface area contributed by atoms with Crippen molar-refractivity contribution in [2.24, 2.45) is 0 Å². The molecule has 0 spiro atoms. The molecule has 0 bridgehead atoms. The second-order valence-electron chi connectivity index (χ2n) is 8.00. The van der Waals surface area contributed by atoms with Gasteiger partial charge in [0.1, 0.15) is 5.75 Å². The average Bonchev–Trinajstić information content (AvgIpc) is 3.32. The molecule has 0 atom stereocenters. The highest BCUT2D eigenvalue weighted by Gasteiger charge is 2.22. The van der Waals surface area contributed by atoms with Crippen molar-refractivity contribution in [2.75, 3.05) is 39.6 Å². The van der Waals surface area contributed by atoms with Gasteiger partial charge in [0.25, 0.3) is 5.91 Å². The Morgan fingerprint density at radius 1 is 0.844 bits per heavy atom. The van der Waals surface area contributed by atoms with Crippen molar-refractivity contribution in [3.63, 3.8) is 0 Å². The first kappa shape index (κ1) is 20.4. The average molecular weight is 431 g/mol. The molecule has 1 amide bonds. The van der Waals surface area contributed by atoms with E-state index in [1.54, 1.807) is 0 Å². The molecule has 0 aliphatic carbocycles. The van der Waals surface area contributed by atoms with E-state index >= 15 is 0 Å². The molecule has 1 saturated heterocycles. The SMILES string of the molecule is O=C(COc1ccccc1-c1ccccc1)N1CCN(Cc2ccc3c(c2)OCO3)CC1. The Balaban J connectivity index is 1.13. The molecule has 3 aromatic carbocycles. The number of carbonyl (C=O) groups excluding carboxylic acids is 1. The van der Waals surface area contributed by atoms with Crippen molar-refractivity contribution in [1.82, 2.24) is 9.80 Å². The van der Waals surface area contributed by atoms with Crippen LogP contribution in [0.4, 0.5) is 0 Å². The zero-order chi connectivity index (χ0) is 21.8. The molecule has 1 fully saturated rings. The van der Waals surface area contributed by atoms with E-state index in [1.165, 1.54) is 5.56 Å². The summed E-state index contributed by atoms with van der Waals surface area (Å²) >= 11 is 0. The molecule has 0 saturated carbocycles. The van der Waals surface area contributed by atoms with Crippen molar-refractivity contribution in [3.05, 3.63) is 78.4 Å². The predicted octanol–water partition coefficient (Wildman–Crippen LogP) is 3.81. The van der Waals surface area contributed by atoms with E-state index in [0.29, 0.717) is 13.1 Å². The molecular weight excluding hydrogens is 404 g/mol. The largest absolute Gasteiger partial charge is 0.483 e. The number of ether oxygens (including phenoxy) is 3. The number of hydrogen-bond donors (Lipinski definition) is 0. The third-order valence-electron chi connectivity index (χ3n) is 5.89. The maximum absolute atomic E-state index is 12.8. The first-order valence-corrected chi connectivity index (χ1v) is 10.9. The Hall–Kier alpha value is -3.51. The summed E-state index contributed by atoms with van der Waals surface area (Å²) in [7, 11) is 0. The van der Waals surface area contributed by atoms with Crippen molar-refractivity contribution >= 4 is 5.91 Å². The Morgan fingerprint density at radius 2 is 1.59 bits per heavy atom. The summed E-state index contributed by atoms with van der Waals surface area (Å²) < 4.78 is 16.8. The molecular formula is C26H26N2O4. The molecule has 2 aliphatic heterocycles. The molecule has 5 rings (SSSR count). The number of amides is 1. The van der Waals surface area contributed by atoms with Gasteiger partial charge in [0.05, 0.1) is 0 Å². The second-order valence-corrected chi connectivity index (χ2v) is 8.00. The lowest BCUT2D eigenvalue weighted by molar-refractivity contribution is -0.135. The van der Waals surface area contributed by atoms with Crippen LogP contribution in [0.3, 0.4) is 0 Å². The van der Waals surface area contributed by atoms with Crippen LogP contribution in [-0.4, -0.2) is 55.3 Å². The van der Waals surface area contributed by atoms with Crippen LogP contribution < -0.4 is 14.2 Å². The maximum atomic E-state index is 12.8. The first-order valence-electron chi connectivity index (χ1n) is 10.9. The van der Waals surface area contributed by atoms with Gasteiger partial charge in [0.15, 0.2) is 18.1 Å². The molecule has 6 heteroatoms. The Labute approximate surface area is 187 Å². The Kier molecular flexibility index (Phi) is 5.94. The number of piperazine rings is 1. The summed E-state index contributed by atoms with van der Waals surface area (Å²) in [5.74, 6) is 2.37. The normalized spacial score (nSPS) is 15.6. The number of carbonyl (C=O) groups is 1. The van der Waals surface area contributed by atoms with Gasteiger partial charge >= 0.3 is 0 Å². The van der Waals surface area contributed by atoms with Gasteiger partial charge in [-0.25, -0.2) is 0 Å². The predicted molar refractivity (Wildman–Crippen MR) is 122 cm³/mol. The highest BCUT2D eigenvalue weighted by atomic mass is 16.7. The monoisotopic (exact) mass is 430 g/mol. The summed E-state index contributed by atoms with van der Waals surface area (Å²) in [4.78, 5) is 17.0. The van der Waals surface area contributed by atoms with Crippen molar-refractivity contribution < 1.29 is 19.0 Å². The molecule has 3 aromatic rings. The first-order chi connectivity index (χ1) is 15.8. The fourth-order valence-corrected chi connectivity index (χ4v) is 4.13. The fraction of sp³-hybridized carbons (Fsp3) is 0.269. The number of benzene rings is 3. The highest BCUT2D eigenvalue weighted by Crippen LogP contribution is 2.33. The van der Waals surface area contributed by atoms with Crippen LogP contribution >= 0.6 is 0 Å². The van der Waals surface area contributed by atoms with Crippen molar-refractivity contribution in [2.45, 2.75) is 6.54 Å². The van der Waals surface area contributed by atoms with Gasteiger partial charge in [0.2, 0.25) is 6.79 Å².